The molecule has 0 fully saturated rings. The number of pyridine rings is 1. The van der Waals surface area contributed by atoms with E-state index in [4.69, 9.17) is 9.47 Å². The van der Waals surface area contributed by atoms with Crippen molar-refractivity contribution in [2.24, 2.45) is 0 Å². The van der Waals surface area contributed by atoms with Crippen LogP contribution in [0.4, 0.5) is 5.69 Å². The van der Waals surface area contributed by atoms with Crippen LogP contribution in [0.1, 0.15) is 15.9 Å². The lowest BCUT2D eigenvalue weighted by Gasteiger charge is -2.13. The van der Waals surface area contributed by atoms with E-state index in [-0.39, 0.29) is 5.91 Å². The molecule has 4 aromatic rings. The molecule has 0 saturated carbocycles. The zero-order valence-electron chi connectivity index (χ0n) is 16.2. The number of anilines is 1. The van der Waals surface area contributed by atoms with Crippen LogP contribution in [-0.2, 0) is 6.61 Å². The lowest BCUT2D eigenvalue weighted by molar-refractivity contribution is 0.102. The van der Waals surface area contributed by atoms with Crippen LogP contribution in [0.15, 0.2) is 79.5 Å². The number of aromatic nitrogens is 4. The maximum absolute atomic E-state index is 12.8. The van der Waals surface area contributed by atoms with Crippen molar-refractivity contribution >= 4 is 11.6 Å². The van der Waals surface area contributed by atoms with Gasteiger partial charge in [0, 0.05) is 11.8 Å². The van der Waals surface area contributed by atoms with Gasteiger partial charge in [-0.2, -0.15) is 5.10 Å². The summed E-state index contributed by atoms with van der Waals surface area (Å²) in [4.78, 5) is 21.0. The highest BCUT2D eigenvalue weighted by Gasteiger charge is 2.14. The fourth-order valence-electron chi connectivity index (χ4n) is 2.85. The molecule has 8 nitrogen and oxygen atoms in total. The Bertz CT molecular complexity index is 1130. The number of amides is 1. The fraction of sp³-hybridized carbons (Fsp3) is 0.0909. The number of nitrogens with zero attached hydrogens (tertiary/aromatic N) is 4. The van der Waals surface area contributed by atoms with E-state index >= 15 is 0 Å². The van der Waals surface area contributed by atoms with E-state index in [0.29, 0.717) is 35.2 Å². The maximum atomic E-state index is 12.8. The molecule has 0 unspecified atom stereocenters. The number of hydrogen-bond donors (Lipinski definition) is 1. The van der Waals surface area contributed by atoms with Gasteiger partial charge in [0.1, 0.15) is 19.3 Å². The van der Waals surface area contributed by atoms with E-state index in [1.54, 1.807) is 36.5 Å². The number of hydrogen-bond acceptors (Lipinski definition) is 6. The molecular weight excluding hydrogens is 382 g/mol. The number of methoxy groups -OCH3 is 1. The van der Waals surface area contributed by atoms with Gasteiger partial charge in [-0.1, -0.05) is 30.3 Å². The molecule has 0 atom stereocenters. The molecule has 0 aliphatic carbocycles. The predicted molar refractivity (Wildman–Crippen MR) is 111 cm³/mol. The minimum atomic E-state index is -0.308. The highest BCUT2D eigenvalue weighted by Crippen LogP contribution is 2.29. The zero-order valence-corrected chi connectivity index (χ0v) is 16.2. The van der Waals surface area contributed by atoms with Gasteiger partial charge in [0.2, 0.25) is 0 Å². The largest absolute Gasteiger partial charge is 0.493 e. The zero-order chi connectivity index (χ0) is 20.8. The molecule has 1 N–H and O–H groups in total. The van der Waals surface area contributed by atoms with Crippen LogP contribution in [-0.4, -0.2) is 32.8 Å². The summed E-state index contributed by atoms with van der Waals surface area (Å²) in [6.07, 6.45) is 4.54. The first-order chi connectivity index (χ1) is 14.7. The molecule has 4 rings (SSSR count). The summed E-state index contributed by atoms with van der Waals surface area (Å²) in [6.45, 7) is 0.402. The van der Waals surface area contributed by atoms with Crippen LogP contribution in [0.25, 0.3) is 5.82 Å². The van der Waals surface area contributed by atoms with Gasteiger partial charge < -0.3 is 14.8 Å². The average Bonchev–Trinajstić information content (AvgIpc) is 3.33. The SMILES string of the molecule is COc1cc(C(=O)Nc2cccnc2-n2cncn2)ccc1OCc1ccccc1. The minimum absolute atomic E-state index is 0.308. The van der Waals surface area contributed by atoms with E-state index in [0.717, 1.165) is 5.56 Å². The van der Waals surface area contributed by atoms with Gasteiger partial charge in [-0.15, -0.1) is 0 Å². The quantitative estimate of drug-likeness (QED) is 0.510. The molecule has 150 valence electrons. The Morgan fingerprint density at radius 2 is 1.93 bits per heavy atom. The second-order valence-electron chi connectivity index (χ2n) is 6.31. The summed E-state index contributed by atoms with van der Waals surface area (Å²) < 4.78 is 12.8. The van der Waals surface area contributed by atoms with E-state index in [1.165, 1.54) is 24.4 Å². The van der Waals surface area contributed by atoms with Gasteiger partial charge in [-0.3, -0.25) is 4.79 Å². The van der Waals surface area contributed by atoms with Gasteiger partial charge in [0.15, 0.2) is 17.3 Å². The first-order valence-corrected chi connectivity index (χ1v) is 9.21. The number of nitrogens with one attached hydrogen (secondary N) is 1. The number of carbonyl (C=O) groups excluding carboxylic acids is 1. The van der Waals surface area contributed by atoms with E-state index < -0.39 is 0 Å². The first kappa shape index (κ1) is 19.1. The smallest absolute Gasteiger partial charge is 0.255 e. The normalized spacial score (nSPS) is 10.4. The highest BCUT2D eigenvalue weighted by molar-refractivity contribution is 6.05. The Morgan fingerprint density at radius 3 is 2.70 bits per heavy atom. The number of rotatable bonds is 7. The monoisotopic (exact) mass is 401 g/mol. The van der Waals surface area contributed by atoms with Crippen LogP contribution in [0.2, 0.25) is 0 Å². The minimum Gasteiger partial charge on any atom is -0.493 e. The molecule has 0 saturated heterocycles. The van der Waals surface area contributed by atoms with Crippen LogP contribution in [0.3, 0.4) is 0 Å². The van der Waals surface area contributed by atoms with Gasteiger partial charge in [0.05, 0.1) is 12.8 Å². The number of benzene rings is 2. The first-order valence-electron chi connectivity index (χ1n) is 9.21. The molecule has 8 heteroatoms. The van der Waals surface area contributed by atoms with Crippen molar-refractivity contribution in [3.63, 3.8) is 0 Å². The Balaban J connectivity index is 1.51. The van der Waals surface area contributed by atoms with Crippen molar-refractivity contribution < 1.29 is 14.3 Å². The third-order valence-electron chi connectivity index (χ3n) is 4.33. The molecule has 2 aromatic heterocycles. The number of ether oxygens (including phenoxy) is 2. The molecule has 0 aliphatic rings. The summed E-state index contributed by atoms with van der Waals surface area (Å²) in [7, 11) is 1.54. The van der Waals surface area contributed by atoms with Crippen molar-refractivity contribution in [2.75, 3.05) is 12.4 Å². The third-order valence-corrected chi connectivity index (χ3v) is 4.33. The van der Waals surface area contributed by atoms with Crippen LogP contribution in [0.5, 0.6) is 11.5 Å². The molecular formula is C22H19N5O3. The van der Waals surface area contributed by atoms with Crippen LogP contribution in [0, 0.1) is 0 Å². The standard InChI is InChI=1S/C22H19N5O3/c1-29-20-12-17(9-10-19(20)30-13-16-6-3-2-4-7-16)22(28)26-18-8-5-11-24-21(18)27-15-23-14-25-27/h2-12,14-15H,13H2,1H3,(H,26,28). The third kappa shape index (κ3) is 4.27. The Kier molecular flexibility index (Phi) is 5.66. The van der Waals surface area contributed by atoms with E-state index in [9.17, 15) is 4.79 Å². The van der Waals surface area contributed by atoms with Crippen molar-refractivity contribution in [3.8, 4) is 17.3 Å². The molecule has 0 spiro atoms. The van der Waals surface area contributed by atoms with Gasteiger partial charge in [-0.05, 0) is 35.9 Å². The van der Waals surface area contributed by atoms with Crippen molar-refractivity contribution in [1.29, 1.82) is 0 Å². The highest BCUT2D eigenvalue weighted by atomic mass is 16.5. The number of carbonyl (C=O) groups is 1. The predicted octanol–water partition coefficient (Wildman–Crippen LogP) is 3.50. The van der Waals surface area contributed by atoms with Gasteiger partial charge in [0.25, 0.3) is 5.91 Å². The molecule has 0 radical (unpaired) electrons. The molecule has 2 heterocycles. The second kappa shape index (κ2) is 8.87. The molecule has 1 amide bonds. The lowest BCUT2D eigenvalue weighted by atomic mass is 10.1. The summed E-state index contributed by atoms with van der Waals surface area (Å²) in [5.41, 5.74) is 1.97. The Labute approximate surface area is 173 Å². The van der Waals surface area contributed by atoms with Crippen molar-refractivity contribution in [2.45, 2.75) is 6.61 Å². The molecule has 2 aromatic carbocycles. The molecule has 0 bridgehead atoms. The van der Waals surface area contributed by atoms with Crippen LogP contribution < -0.4 is 14.8 Å². The van der Waals surface area contributed by atoms with E-state index in [2.05, 4.69) is 20.4 Å². The second-order valence-corrected chi connectivity index (χ2v) is 6.31. The van der Waals surface area contributed by atoms with Crippen LogP contribution >= 0.6 is 0 Å². The van der Waals surface area contributed by atoms with Gasteiger partial charge >= 0.3 is 0 Å². The van der Waals surface area contributed by atoms with Crippen molar-refractivity contribution in [1.82, 2.24) is 19.7 Å². The summed E-state index contributed by atoms with van der Waals surface area (Å²) in [5.74, 6) is 1.19. The maximum Gasteiger partial charge on any atom is 0.255 e. The Morgan fingerprint density at radius 1 is 1.07 bits per heavy atom. The van der Waals surface area contributed by atoms with E-state index in [1.807, 2.05) is 30.3 Å². The average molecular weight is 401 g/mol. The van der Waals surface area contributed by atoms with Crippen molar-refractivity contribution in [3.05, 3.63) is 90.6 Å². The topological polar surface area (TPSA) is 91.2 Å². The summed E-state index contributed by atoms with van der Waals surface area (Å²) in [6, 6.07) is 18.3. The lowest BCUT2D eigenvalue weighted by Crippen LogP contribution is -2.15. The molecule has 0 aliphatic heterocycles. The molecule has 30 heavy (non-hydrogen) atoms. The van der Waals surface area contributed by atoms with Gasteiger partial charge in [-0.25, -0.2) is 14.6 Å². The summed E-state index contributed by atoms with van der Waals surface area (Å²) >= 11 is 0. The fourth-order valence-corrected chi connectivity index (χ4v) is 2.85. The summed E-state index contributed by atoms with van der Waals surface area (Å²) in [5, 5.41) is 6.92. The Hall–Kier alpha value is -4.20.